The van der Waals surface area contributed by atoms with Gasteiger partial charge in [0.05, 0.1) is 24.2 Å². The molecular weight excluding hydrogens is 418 g/mol. The fourth-order valence-corrected chi connectivity index (χ4v) is 4.76. The smallest absolute Gasteiger partial charge is 0.265 e. The number of sulfonamides is 1. The van der Waals surface area contributed by atoms with Gasteiger partial charge in [-0.15, -0.1) is 0 Å². The van der Waals surface area contributed by atoms with Crippen molar-refractivity contribution in [3.8, 4) is 5.75 Å². The summed E-state index contributed by atoms with van der Waals surface area (Å²) in [4.78, 5) is 24.8. The fourth-order valence-electron chi connectivity index (χ4n) is 3.52. The van der Waals surface area contributed by atoms with Crippen LogP contribution in [-0.4, -0.2) is 27.3 Å². The number of para-hydroxylation sites is 1. The maximum atomic E-state index is 13.1. The Morgan fingerprint density at radius 2 is 1.84 bits per heavy atom. The lowest BCUT2D eigenvalue weighted by molar-refractivity contribution is -0.117. The third-order valence-corrected chi connectivity index (χ3v) is 6.62. The predicted molar refractivity (Wildman–Crippen MR) is 118 cm³/mol. The Hall–Kier alpha value is -3.33. The van der Waals surface area contributed by atoms with E-state index in [1.807, 2.05) is 13.8 Å². The molecule has 2 aromatic rings. The van der Waals surface area contributed by atoms with Crippen molar-refractivity contribution < 1.29 is 22.7 Å². The van der Waals surface area contributed by atoms with E-state index in [-0.39, 0.29) is 39.8 Å². The van der Waals surface area contributed by atoms with E-state index in [0.29, 0.717) is 16.8 Å². The Kier molecular flexibility index (Phi) is 5.22. The summed E-state index contributed by atoms with van der Waals surface area (Å²) in [5, 5.41) is 5.58. The van der Waals surface area contributed by atoms with Gasteiger partial charge in [0.1, 0.15) is 10.6 Å². The van der Waals surface area contributed by atoms with E-state index < -0.39 is 10.0 Å². The van der Waals surface area contributed by atoms with E-state index in [1.165, 1.54) is 13.2 Å². The van der Waals surface area contributed by atoms with Crippen molar-refractivity contribution >= 4 is 44.5 Å². The first-order valence-corrected chi connectivity index (χ1v) is 11.3. The molecule has 0 unspecified atom stereocenters. The number of hydrogen-bond acceptors (Lipinski definition) is 5. The van der Waals surface area contributed by atoms with Crippen LogP contribution in [0.3, 0.4) is 0 Å². The highest BCUT2D eigenvalue weighted by molar-refractivity contribution is 7.92. The minimum absolute atomic E-state index is 0.0332. The topological polar surface area (TPSA) is 114 Å². The molecule has 3 N–H and O–H groups in total. The minimum Gasteiger partial charge on any atom is -0.495 e. The van der Waals surface area contributed by atoms with E-state index in [1.54, 1.807) is 30.3 Å². The van der Waals surface area contributed by atoms with Gasteiger partial charge < -0.3 is 15.4 Å². The number of fused-ring (bicyclic) bond motifs is 1. The summed E-state index contributed by atoms with van der Waals surface area (Å²) in [6.07, 6.45) is 1.61. The maximum absolute atomic E-state index is 13.1. The van der Waals surface area contributed by atoms with Crippen LogP contribution in [0.5, 0.6) is 5.75 Å². The fraction of sp³-hybridized carbons (Fsp3) is 0.273. The monoisotopic (exact) mass is 441 g/mol. The summed E-state index contributed by atoms with van der Waals surface area (Å²) < 4.78 is 34.0. The second kappa shape index (κ2) is 7.73. The maximum Gasteiger partial charge on any atom is 0.265 e. The van der Waals surface area contributed by atoms with Crippen LogP contribution in [-0.2, 0) is 19.6 Å². The van der Waals surface area contributed by atoms with Crippen LogP contribution in [0.1, 0.15) is 32.3 Å². The van der Waals surface area contributed by atoms with Gasteiger partial charge in [-0.25, -0.2) is 8.42 Å². The van der Waals surface area contributed by atoms with Crippen LogP contribution < -0.4 is 20.1 Å². The molecule has 0 aromatic heterocycles. The molecule has 1 fully saturated rings. The number of nitrogens with one attached hydrogen (secondary N) is 3. The third kappa shape index (κ3) is 4.00. The molecule has 2 aromatic carbocycles. The number of anilines is 3. The van der Waals surface area contributed by atoms with Crippen molar-refractivity contribution in [1.82, 2.24) is 0 Å². The number of benzene rings is 2. The molecule has 0 saturated heterocycles. The van der Waals surface area contributed by atoms with Crippen molar-refractivity contribution in [2.75, 3.05) is 22.5 Å². The number of carbonyl (C=O) groups excluding carboxylic acids is 2. The molecule has 0 spiro atoms. The van der Waals surface area contributed by atoms with Crippen LogP contribution in [0.2, 0.25) is 0 Å². The number of hydrogen-bond donors (Lipinski definition) is 3. The standard InChI is InChI=1S/C22H23N3O5S/c1-12(2)20-14-10-17(25-31(28,29)19-7-5-4-6-18(19)30-3)16(11-15(14)23-22(20)27)24-21(26)13-8-9-13/h4-7,10-11,13,25H,8-9H2,1-3H3,(H,23,27)(H,24,26). The first-order valence-electron chi connectivity index (χ1n) is 9.85. The minimum atomic E-state index is -4.04. The molecule has 0 radical (unpaired) electrons. The van der Waals surface area contributed by atoms with E-state index in [9.17, 15) is 18.0 Å². The van der Waals surface area contributed by atoms with Gasteiger partial charge in [0, 0.05) is 17.1 Å². The summed E-state index contributed by atoms with van der Waals surface area (Å²) in [5.74, 6) is -0.319. The Balaban J connectivity index is 1.80. The second-order valence-electron chi connectivity index (χ2n) is 7.79. The van der Waals surface area contributed by atoms with Gasteiger partial charge in [-0.05, 0) is 51.0 Å². The second-order valence-corrected chi connectivity index (χ2v) is 9.44. The molecule has 9 heteroatoms. The number of methoxy groups -OCH3 is 1. The lowest BCUT2D eigenvalue weighted by Gasteiger charge is -2.17. The lowest BCUT2D eigenvalue weighted by Crippen LogP contribution is -2.18. The summed E-state index contributed by atoms with van der Waals surface area (Å²) in [6, 6.07) is 9.42. The van der Waals surface area contributed by atoms with Crippen LogP contribution in [0.4, 0.5) is 17.1 Å². The predicted octanol–water partition coefficient (Wildman–Crippen LogP) is 3.59. The SMILES string of the molecule is COc1ccccc1S(=O)(=O)Nc1cc2c(cc1NC(=O)C1CC1)NC(=O)C2=C(C)C. The molecule has 1 aliphatic carbocycles. The molecule has 162 valence electrons. The van der Waals surface area contributed by atoms with Crippen LogP contribution in [0.15, 0.2) is 46.9 Å². The Morgan fingerprint density at radius 3 is 2.48 bits per heavy atom. The molecule has 0 bridgehead atoms. The summed E-state index contributed by atoms with van der Waals surface area (Å²) in [5.41, 5.74) is 2.83. The van der Waals surface area contributed by atoms with Crippen molar-refractivity contribution in [2.24, 2.45) is 5.92 Å². The van der Waals surface area contributed by atoms with Crippen LogP contribution in [0.25, 0.3) is 5.57 Å². The summed E-state index contributed by atoms with van der Waals surface area (Å²) >= 11 is 0. The highest BCUT2D eigenvalue weighted by atomic mass is 32.2. The zero-order valence-electron chi connectivity index (χ0n) is 17.4. The van der Waals surface area contributed by atoms with Gasteiger partial charge in [0.15, 0.2) is 0 Å². The third-order valence-electron chi connectivity index (χ3n) is 5.21. The van der Waals surface area contributed by atoms with Gasteiger partial charge in [-0.2, -0.15) is 0 Å². The Bertz CT molecular complexity index is 1230. The molecule has 2 amide bonds. The number of amides is 2. The average Bonchev–Trinajstić information content (AvgIpc) is 3.51. The van der Waals surface area contributed by atoms with Gasteiger partial charge in [0.25, 0.3) is 15.9 Å². The molecule has 1 aliphatic heterocycles. The molecule has 8 nitrogen and oxygen atoms in total. The van der Waals surface area contributed by atoms with Crippen molar-refractivity contribution in [3.05, 3.63) is 47.5 Å². The Morgan fingerprint density at radius 1 is 1.13 bits per heavy atom. The highest BCUT2D eigenvalue weighted by Gasteiger charge is 2.32. The molecule has 4 rings (SSSR count). The average molecular weight is 442 g/mol. The summed E-state index contributed by atoms with van der Waals surface area (Å²) in [7, 11) is -2.64. The molecule has 2 aliphatic rings. The number of rotatable bonds is 6. The van der Waals surface area contributed by atoms with E-state index >= 15 is 0 Å². The van der Waals surface area contributed by atoms with Gasteiger partial charge in [-0.3, -0.25) is 14.3 Å². The number of allylic oxidation sites excluding steroid dienone is 1. The highest BCUT2D eigenvalue weighted by Crippen LogP contribution is 2.41. The van der Waals surface area contributed by atoms with E-state index in [4.69, 9.17) is 4.74 Å². The van der Waals surface area contributed by atoms with Crippen molar-refractivity contribution in [3.63, 3.8) is 0 Å². The Labute approximate surface area is 180 Å². The number of ether oxygens (including phenoxy) is 1. The first kappa shape index (κ1) is 20.9. The van der Waals surface area contributed by atoms with Crippen LogP contribution in [0, 0.1) is 5.92 Å². The lowest BCUT2D eigenvalue weighted by atomic mass is 10.0. The molecule has 0 atom stereocenters. The van der Waals surface area contributed by atoms with Gasteiger partial charge in [0.2, 0.25) is 5.91 Å². The zero-order chi connectivity index (χ0) is 22.3. The van der Waals surface area contributed by atoms with Crippen LogP contribution >= 0.6 is 0 Å². The molecule has 31 heavy (non-hydrogen) atoms. The molecule has 1 saturated carbocycles. The summed E-state index contributed by atoms with van der Waals surface area (Å²) in [6.45, 7) is 3.62. The largest absolute Gasteiger partial charge is 0.495 e. The van der Waals surface area contributed by atoms with E-state index in [0.717, 1.165) is 18.4 Å². The molecular formula is C22H23N3O5S. The normalized spacial score (nSPS) is 15.2. The van der Waals surface area contributed by atoms with Gasteiger partial charge in [-0.1, -0.05) is 17.7 Å². The quantitative estimate of drug-likeness (QED) is 0.593. The van der Waals surface area contributed by atoms with Crippen molar-refractivity contribution in [2.45, 2.75) is 31.6 Å². The number of carbonyl (C=O) groups is 2. The van der Waals surface area contributed by atoms with E-state index in [2.05, 4.69) is 15.4 Å². The van der Waals surface area contributed by atoms with Crippen molar-refractivity contribution in [1.29, 1.82) is 0 Å². The zero-order valence-corrected chi connectivity index (χ0v) is 18.2. The van der Waals surface area contributed by atoms with Gasteiger partial charge >= 0.3 is 0 Å². The first-order chi connectivity index (χ1) is 14.7. The molecule has 1 heterocycles.